The van der Waals surface area contributed by atoms with Gasteiger partial charge in [-0.3, -0.25) is 4.98 Å². The first-order valence-corrected chi connectivity index (χ1v) is 8.06. The SMILES string of the molecule is [N-]=[N+]=NC[C@@H]1CCc2nc(-c3ccc(F)cc3)c(-c3ccncc3)n21. The summed E-state index contributed by atoms with van der Waals surface area (Å²) in [5.74, 6) is 0.687. The van der Waals surface area contributed by atoms with Gasteiger partial charge in [0.15, 0.2) is 0 Å². The zero-order valence-electron chi connectivity index (χ0n) is 13.4. The summed E-state index contributed by atoms with van der Waals surface area (Å²) in [6.07, 6.45) is 5.19. The van der Waals surface area contributed by atoms with Gasteiger partial charge in [-0.1, -0.05) is 5.11 Å². The summed E-state index contributed by atoms with van der Waals surface area (Å²) in [4.78, 5) is 11.8. The van der Waals surface area contributed by atoms with Crippen molar-refractivity contribution >= 4 is 0 Å². The van der Waals surface area contributed by atoms with E-state index in [1.54, 1.807) is 24.5 Å². The number of fused-ring (bicyclic) bond motifs is 1. The van der Waals surface area contributed by atoms with Crippen LogP contribution < -0.4 is 0 Å². The highest BCUT2D eigenvalue weighted by Gasteiger charge is 2.29. The number of azide groups is 1. The molecule has 1 atom stereocenters. The van der Waals surface area contributed by atoms with Crippen LogP contribution in [0.3, 0.4) is 0 Å². The third kappa shape index (κ3) is 2.75. The first-order chi connectivity index (χ1) is 12.3. The highest BCUT2D eigenvalue weighted by atomic mass is 19.1. The lowest BCUT2D eigenvalue weighted by molar-refractivity contribution is 0.543. The number of halogens is 1. The minimum atomic E-state index is -0.276. The van der Waals surface area contributed by atoms with E-state index < -0.39 is 0 Å². The number of nitrogens with zero attached hydrogens (tertiary/aromatic N) is 6. The molecule has 25 heavy (non-hydrogen) atoms. The van der Waals surface area contributed by atoms with E-state index >= 15 is 0 Å². The molecule has 0 fully saturated rings. The second-order valence-corrected chi connectivity index (χ2v) is 5.94. The molecular formula is C18H15FN6. The maximum Gasteiger partial charge on any atom is 0.123 e. The summed E-state index contributed by atoms with van der Waals surface area (Å²) in [6.45, 7) is 0.390. The monoisotopic (exact) mass is 334 g/mol. The highest BCUT2D eigenvalue weighted by Crippen LogP contribution is 2.39. The van der Waals surface area contributed by atoms with Crippen molar-refractivity contribution < 1.29 is 4.39 Å². The van der Waals surface area contributed by atoms with E-state index in [1.165, 1.54) is 12.1 Å². The van der Waals surface area contributed by atoms with E-state index in [4.69, 9.17) is 10.5 Å². The van der Waals surface area contributed by atoms with Gasteiger partial charge in [-0.25, -0.2) is 9.37 Å². The number of aromatic nitrogens is 3. The van der Waals surface area contributed by atoms with Crippen molar-refractivity contribution in [3.63, 3.8) is 0 Å². The summed E-state index contributed by atoms with van der Waals surface area (Å²) < 4.78 is 15.5. The fourth-order valence-corrected chi connectivity index (χ4v) is 3.37. The Hall–Kier alpha value is -3.18. The lowest BCUT2D eigenvalue weighted by atomic mass is 10.0. The van der Waals surface area contributed by atoms with Crippen LogP contribution in [0.25, 0.3) is 33.0 Å². The average Bonchev–Trinajstić information content (AvgIpc) is 3.20. The van der Waals surface area contributed by atoms with E-state index in [9.17, 15) is 4.39 Å². The van der Waals surface area contributed by atoms with E-state index in [1.807, 2.05) is 12.1 Å². The summed E-state index contributed by atoms with van der Waals surface area (Å²) in [7, 11) is 0. The van der Waals surface area contributed by atoms with Crippen LogP contribution in [-0.4, -0.2) is 21.1 Å². The minimum absolute atomic E-state index is 0.0794. The number of pyridine rings is 1. The Morgan fingerprint density at radius 1 is 1.16 bits per heavy atom. The van der Waals surface area contributed by atoms with Crippen LogP contribution >= 0.6 is 0 Å². The molecule has 1 aliphatic rings. The highest BCUT2D eigenvalue weighted by molar-refractivity contribution is 5.79. The van der Waals surface area contributed by atoms with Gasteiger partial charge in [-0.15, -0.1) is 0 Å². The number of imidazole rings is 1. The Labute approximate surface area is 143 Å². The Morgan fingerprint density at radius 3 is 2.64 bits per heavy atom. The molecule has 0 N–H and O–H groups in total. The molecule has 0 bridgehead atoms. The summed E-state index contributed by atoms with van der Waals surface area (Å²) in [6, 6.07) is 10.3. The molecule has 3 heterocycles. The Balaban J connectivity index is 1.91. The van der Waals surface area contributed by atoms with Gasteiger partial charge in [-0.2, -0.15) is 0 Å². The molecule has 0 aliphatic carbocycles. The van der Waals surface area contributed by atoms with Crippen LogP contribution in [0.1, 0.15) is 18.3 Å². The van der Waals surface area contributed by atoms with Gasteiger partial charge < -0.3 is 4.57 Å². The topological polar surface area (TPSA) is 79.5 Å². The fourth-order valence-electron chi connectivity index (χ4n) is 3.37. The number of aryl methyl sites for hydroxylation is 1. The van der Waals surface area contributed by atoms with Crippen LogP contribution in [0, 0.1) is 5.82 Å². The van der Waals surface area contributed by atoms with E-state index in [0.29, 0.717) is 6.54 Å². The van der Waals surface area contributed by atoms with Crippen molar-refractivity contribution in [3.05, 3.63) is 70.9 Å². The molecule has 6 nitrogen and oxygen atoms in total. The molecule has 1 aliphatic heterocycles. The molecule has 124 valence electrons. The molecule has 1 aromatic carbocycles. The molecule has 0 unspecified atom stereocenters. The van der Waals surface area contributed by atoms with Gasteiger partial charge >= 0.3 is 0 Å². The standard InChI is InChI=1S/C18H15FN6/c19-14-3-1-12(2-4-14)17-18(13-7-9-21-10-8-13)25-15(11-22-24-20)5-6-16(25)23-17/h1-4,7-10,15H,5-6,11H2/t15-/m0/s1. The Bertz CT molecular complexity index is 942. The van der Waals surface area contributed by atoms with Crippen LogP contribution in [0.2, 0.25) is 0 Å². The van der Waals surface area contributed by atoms with Crippen LogP contribution in [0.4, 0.5) is 4.39 Å². The first kappa shape index (κ1) is 15.4. The van der Waals surface area contributed by atoms with E-state index in [-0.39, 0.29) is 11.9 Å². The predicted molar refractivity (Wildman–Crippen MR) is 92.2 cm³/mol. The summed E-state index contributed by atoms with van der Waals surface area (Å²) >= 11 is 0. The van der Waals surface area contributed by atoms with Crippen LogP contribution in [-0.2, 0) is 6.42 Å². The zero-order valence-corrected chi connectivity index (χ0v) is 13.4. The molecule has 0 saturated carbocycles. The van der Waals surface area contributed by atoms with Crippen molar-refractivity contribution in [2.24, 2.45) is 5.11 Å². The molecular weight excluding hydrogens is 319 g/mol. The molecule has 7 heteroatoms. The third-order valence-electron chi connectivity index (χ3n) is 4.48. The third-order valence-corrected chi connectivity index (χ3v) is 4.48. The smallest absolute Gasteiger partial charge is 0.123 e. The minimum Gasteiger partial charge on any atom is -0.324 e. The fraction of sp³-hybridized carbons (Fsp3) is 0.222. The molecule has 0 spiro atoms. The Kier molecular flexibility index (Phi) is 3.91. The summed E-state index contributed by atoms with van der Waals surface area (Å²) in [5, 5.41) is 3.75. The van der Waals surface area contributed by atoms with Gasteiger partial charge in [0.1, 0.15) is 11.6 Å². The molecule has 2 aromatic heterocycles. The van der Waals surface area contributed by atoms with Crippen LogP contribution in [0.15, 0.2) is 53.9 Å². The van der Waals surface area contributed by atoms with Gasteiger partial charge in [-0.05, 0) is 48.4 Å². The van der Waals surface area contributed by atoms with Crippen molar-refractivity contribution in [2.45, 2.75) is 18.9 Å². The average molecular weight is 334 g/mol. The quantitative estimate of drug-likeness (QED) is 0.398. The number of hydrogen-bond acceptors (Lipinski definition) is 3. The molecule has 0 radical (unpaired) electrons. The van der Waals surface area contributed by atoms with Crippen LogP contribution in [0.5, 0.6) is 0 Å². The van der Waals surface area contributed by atoms with Crippen molar-refractivity contribution in [3.8, 4) is 22.5 Å². The second-order valence-electron chi connectivity index (χ2n) is 5.94. The van der Waals surface area contributed by atoms with Gasteiger partial charge in [0.25, 0.3) is 0 Å². The van der Waals surface area contributed by atoms with Crippen molar-refractivity contribution in [1.29, 1.82) is 0 Å². The maximum atomic E-state index is 13.3. The normalized spacial score (nSPS) is 15.6. The Morgan fingerprint density at radius 2 is 1.92 bits per heavy atom. The van der Waals surface area contributed by atoms with Gasteiger partial charge in [0.2, 0.25) is 0 Å². The van der Waals surface area contributed by atoms with Gasteiger partial charge in [0, 0.05) is 47.4 Å². The van der Waals surface area contributed by atoms with Gasteiger partial charge in [0.05, 0.1) is 11.4 Å². The largest absolute Gasteiger partial charge is 0.324 e. The summed E-state index contributed by atoms with van der Waals surface area (Å²) in [5.41, 5.74) is 12.3. The maximum absolute atomic E-state index is 13.3. The van der Waals surface area contributed by atoms with Crippen molar-refractivity contribution in [2.75, 3.05) is 6.54 Å². The molecule has 4 rings (SSSR count). The zero-order chi connectivity index (χ0) is 17.2. The molecule has 3 aromatic rings. The molecule has 0 amide bonds. The number of hydrogen-bond donors (Lipinski definition) is 0. The number of rotatable bonds is 4. The lowest BCUT2D eigenvalue weighted by Gasteiger charge is -2.15. The molecule has 0 saturated heterocycles. The van der Waals surface area contributed by atoms with E-state index in [0.717, 1.165) is 41.2 Å². The number of benzene rings is 1. The van der Waals surface area contributed by atoms with E-state index in [2.05, 4.69) is 19.6 Å². The lowest BCUT2D eigenvalue weighted by Crippen LogP contribution is -2.08. The first-order valence-electron chi connectivity index (χ1n) is 8.06. The van der Waals surface area contributed by atoms with Crippen molar-refractivity contribution in [1.82, 2.24) is 14.5 Å². The second kappa shape index (κ2) is 6.37. The predicted octanol–water partition coefficient (Wildman–Crippen LogP) is 4.55.